The van der Waals surface area contributed by atoms with Crippen molar-refractivity contribution in [2.75, 3.05) is 12.4 Å². The molecule has 0 spiro atoms. The van der Waals surface area contributed by atoms with Crippen molar-refractivity contribution in [3.8, 4) is 5.75 Å². The molecule has 0 fully saturated rings. The van der Waals surface area contributed by atoms with Crippen molar-refractivity contribution >= 4 is 37.5 Å². The van der Waals surface area contributed by atoms with Crippen LogP contribution in [0.3, 0.4) is 0 Å². The van der Waals surface area contributed by atoms with Gasteiger partial charge in [0.25, 0.3) is 0 Å². The molecule has 1 N–H and O–H groups in total. The molecule has 2 aromatic carbocycles. The Morgan fingerprint density at radius 2 is 1.84 bits per heavy atom. The molecule has 0 heterocycles. The zero-order chi connectivity index (χ0) is 13.8. The third-order valence-electron chi connectivity index (χ3n) is 2.82. The Hall–Kier alpha value is -1.000. The molecule has 0 saturated carbocycles. The Labute approximate surface area is 130 Å². The predicted molar refractivity (Wildman–Crippen MR) is 86.9 cm³/mol. The Kier molecular flexibility index (Phi) is 4.88. The quantitative estimate of drug-likeness (QED) is 0.787. The van der Waals surface area contributed by atoms with E-state index in [4.69, 9.17) is 4.74 Å². The Morgan fingerprint density at radius 3 is 2.47 bits per heavy atom. The summed E-state index contributed by atoms with van der Waals surface area (Å²) in [5, 5.41) is 3.41. The van der Waals surface area contributed by atoms with Crippen LogP contribution in [-0.2, 0) is 6.54 Å². The number of halogens is 2. The van der Waals surface area contributed by atoms with Gasteiger partial charge in [-0.05, 0) is 74.2 Å². The molecule has 0 amide bonds. The van der Waals surface area contributed by atoms with E-state index in [1.165, 1.54) is 11.1 Å². The smallest absolute Gasteiger partial charge is 0.133 e. The molecule has 0 unspecified atom stereocenters. The van der Waals surface area contributed by atoms with Gasteiger partial charge in [0.15, 0.2) is 0 Å². The standard InChI is InChI=1S/C15H15Br2NO/c1-10-3-5-14(12(16)7-10)18-9-11-4-6-15(19-2)13(17)8-11/h3-8,18H,9H2,1-2H3. The van der Waals surface area contributed by atoms with E-state index in [0.29, 0.717) is 0 Å². The van der Waals surface area contributed by atoms with Crippen LogP contribution in [0.4, 0.5) is 5.69 Å². The first-order valence-electron chi connectivity index (χ1n) is 5.92. The average molecular weight is 385 g/mol. The van der Waals surface area contributed by atoms with Crippen molar-refractivity contribution in [1.82, 2.24) is 0 Å². The van der Waals surface area contributed by atoms with Crippen LogP contribution < -0.4 is 10.1 Å². The Morgan fingerprint density at radius 1 is 1.05 bits per heavy atom. The van der Waals surface area contributed by atoms with Gasteiger partial charge < -0.3 is 10.1 Å². The summed E-state index contributed by atoms with van der Waals surface area (Å²) < 4.78 is 7.27. The van der Waals surface area contributed by atoms with Gasteiger partial charge in [-0.1, -0.05) is 12.1 Å². The SMILES string of the molecule is COc1ccc(CNc2ccc(C)cc2Br)cc1Br. The zero-order valence-corrected chi connectivity index (χ0v) is 14.0. The summed E-state index contributed by atoms with van der Waals surface area (Å²) >= 11 is 7.06. The van der Waals surface area contributed by atoms with E-state index in [1.807, 2.05) is 6.07 Å². The van der Waals surface area contributed by atoms with E-state index in [1.54, 1.807) is 7.11 Å². The van der Waals surface area contributed by atoms with E-state index < -0.39 is 0 Å². The highest BCUT2D eigenvalue weighted by Gasteiger charge is 2.03. The minimum Gasteiger partial charge on any atom is -0.496 e. The minimum absolute atomic E-state index is 0.768. The number of anilines is 1. The summed E-state index contributed by atoms with van der Waals surface area (Å²) in [7, 11) is 1.67. The second-order valence-electron chi connectivity index (χ2n) is 4.31. The van der Waals surface area contributed by atoms with Crippen molar-refractivity contribution in [2.45, 2.75) is 13.5 Å². The Balaban J connectivity index is 2.08. The van der Waals surface area contributed by atoms with Gasteiger partial charge in [-0.15, -0.1) is 0 Å². The van der Waals surface area contributed by atoms with E-state index in [-0.39, 0.29) is 0 Å². The molecule has 0 radical (unpaired) electrons. The summed E-state index contributed by atoms with van der Waals surface area (Å²) in [6.45, 7) is 2.85. The lowest BCUT2D eigenvalue weighted by atomic mass is 10.2. The van der Waals surface area contributed by atoms with Gasteiger partial charge in [0.2, 0.25) is 0 Å². The van der Waals surface area contributed by atoms with Gasteiger partial charge in [-0.2, -0.15) is 0 Å². The molecule has 0 bridgehead atoms. The molecule has 0 aliphatic rings. The van der Waals surface area contributed by atoms with Crippen LogP contribution in [0.15, 0.2) is 45.3 Å². The summed E-state index contributed by atoms with van der Waals surface area (Å²) in [6.07, 6.45) is 0. The number of aryl methyl sites for hydroxylation is 1. The normalized spacial score (nSPS) is 10.3. The zero-order valence-electron chi connectivity index (χ0n) is 10.8. The molecular formula is C15H15Br2NO. The largest absolute Gasteiger partial charge is 0.496 e. The number of hydrogen-bond donors (Lipinski definition) is 1. The summed E-state index contributed by atoms with van der Waals surface area (Å²) in [4.78, 5) is 0. The summed E-state index contributed by atoms with van der Waals surface area (Å²) in [5.41, 5.74) is 3.53. The number of hydrogen-bond acceptors (Lipinski definition) is 2. The lowest BCUT2D eigenvalue weighted by Gasteiger charge is -2.10. The van der Waals surface area contributed by atoms with Crippen LogP contribution in [0.2, 0.25) is 0 Å². The van der Waals surface area contributed by atoms with Crippen LogP contribution in [0, 0.1) is 6.92 Å². The van der Waals surface area contributed by atoms with E-state index in [0.717, 1.165) is 26.9 Å². The second kappa shape index (κ2) is 6.44. The number of benzene rings is 2. The van der Waals surface area contributed by atoms with Crippen molar-refractivity contribution < 1.29 is 4.74 Å². The molecule has 2 nitrogen and oxygen atoms in total. The monoisotopic (exact) mass is 383 g/mol. The topological polar surface area (TPSA) is 21.3 Å². The molecule has 0 saturated heterocycles. The van der Waals surface area contributed by atoms with Gasteiger partial charge in [0.1, 0.15) is 5.75 Å². The number of ether oxygens (including phenoxy) is 1. The molecule has 2 aromatic rings. The second-order valence-corrected chi connectivity index (χ2v) is 6.01. The first-order chi connectivity index (χ1) is 9.10. The van der Waals surface area contributed by atoms with Crippen LogP contribution >= 0.6 is 31.9 Å². The van der Waals surface area contributed by atoms with Crippen molar-refractivity contribution in [2.24, 2.45) is 0 Å². The maximum absolute atomic E-state index is 5.22. The average Bonchev–Trinajstić information content (AvgIpc) is 2.38. The fourth-order valence-corrected chi connectivity index (χ4v) is 3.00. The number of methoxy groups -OCH3 is 1. The molecule has 4 heteroatoms. The van der Waals surface area contributed by atoms with Gasteiger partial charge >= 0.3 is 0 Å². The van der Waals surface area contributed by atoms with E-state index >= 15 is 0 Å². The maximum atomic E-state index is 5.22. The van der Waals surface area contributed by atoms with E-state index in [9.17, 15) is 0 Å². The van der Waals surface area contributed by atoms with Crippen LogP contribution in [0.25, 0.3) is 0 Å². The lowest BCUT2D eigenvalue weighted by molar-refractivity contribution is 0.412. The fraction of sp³-hybridized carbons (Fsp3) is 0.200. The molecular weight excluding hydrogens is 370 g/mol. The molecule has 0 aliphatic heterocycles. The first-order valence-corrected chi connectivity index (χ1v) is 7.51. The lowest BCUT2D eigenvalue weighted by Crippen LogP contribution is -2.00. The third-order valence-corrected chi connectivity index (χ3v) is 4.10. The third kappa shape index (κ3) is 3.74. The first kappa shape index (κ1) is 14.4. The molecule has 2 rings (SSSR count). The maximum Gasteiger partial charge on any atom is 0.133 e. The number of nitrogens with one attached hydrogen (secondary N) is 1. The summed E-state index contributed by atoms with van der Waals surface area (Å²) in [6, 6.07) is 12.4. The molecule has 100 valence electrons. The predicted octanol–water partition coefficient (Wildman–Crippen LogP) is 5.14. The molecule has 19 heavy (non-hydrogen) atoms. The van der Waals surface area contributed by atoms with Crippen molar-refractivity contribution in [1.29, 1.82) is 0 Å². The highest BCUT2D eigenvalue weighted by molar-refractivity contribution is 9.11. The number of rotatable bonds is 4. The van der Waals surface area contributed by atoms with Crippen molar-refractivity contribution in [3.05, 3.63) is 56.5 Å². The highest BCUT2D eigenvalue weighted by Crippen LogP contribution is 2.27. The molecule has 0 aliphatic carbocycles. The molecule has 0 atom stereocenters. The van der Waals surface area contributed by atoms with Gasteiger partial charge in [-0.25, -0.2) is 0 Å². The van der Waals surface area contributed by atoms with Crippen molar-refractivity contribution in [3.63, 3.8) is 0 Å². The van der Waals surface area contributed by atoms with Gasteiger partial charge in [0, 0.05) is 16.7 Å². The summed E-state index contributed by atoms with van der Waals surface area (Å²) in [5.74, 6) is 0.847. The van der Waals surface area contributed by atoms with Gasteiger partial charge in [0.05, 0.1) is 11.6 Å². The van der Waals surface area contributed by atoms with Crippen LogP contribution in [0.5, 0.6) is 5.75 Å². The van der Waals surface area contributed by atoms with Gasteiger partial charge in [-0.3, -0.25) is 0 Å². The minimum atomic E-state index is 0.768. The highest BCUT2D eigenvalue weighted by atomic mass is 79.9. The fourth-order valence-electron chi connectivity index (χ4n) is 1.78. The van der Waals surface area contributed by atoms with Crippen LogP contribution in [0.1, 0.15) is 11.1 Å². The van der Waals surface area contributed by atoms with E-state index in [2.05, 4.69) is 74.4 Å². The Bertz CT molecular complexity index is 584. The van der Waals surface area contributed by atoms with Crippen LogP contribution in [-0.4, -0.2) is 7.11 Å². The molecule has 0 aromatic heterocycles.